The summed E-state index contributed by atoms with van der Waals surface area (Å²) in [6, 6.07) is 17.1. The molecule has 2 aromatic carbocycles. The number of hydrogen-bond donors (Lipinski definition) is 1. The van der Waals surface area contributed by atoms with Gasteiger partial charge in [-0.1, -0.05) is 51.1 Å². The Hall–Kier alpha value is -3.14. The van der Waals surface area contributed by atoms with Gasteiger partial charge in [-0.15, -0.1) is 0 Å². The molecule has 1 aliphatic carbocycles. The zero-order valence-corrected chi connectivity index (χ0v) is 21.8. The molecule has 0 unspecified atom stereocenters. The van der Waals surface area contributed by atoms with Gasteiger partial charge >= 0.3 is 0 Å². The summed E-state index contributed by atoms with van der Waals surface area (Å²) in [6.07, 6.45) is 2.46. The Bertz CT molecular complexity index is 1160. The van der Waals surface area contributed by atoms with Crippen LogP contribution in [0.1, 0.15) is 38.9 Å². The van der Waals surface area contributed by atoms with E-state index in [1.165, 1.54) is 29.2 Å². The number of imide groups is 1. The van der Waals surface area contributed by atoms with Crippen LogP contribution >= 0.6 is 0 Å². The van der Waals surface area contributed by atoms with E-state index in [0.29, 0.717) is 11.3 Å². The maximum Gasteiger partial charge on any atom is 0.269 e. The van der Waals surface area contributed by atoms with Crippen LogP contribution in [0.3, 0.4) is 0 Å². The van der Waals surface area contributed by atoms with Gasteiger partial charge in [0, 0.05) is 12.1 Å². The molecule has 9 heteroatoms. The van der Waals surface area contributed by atoms with Crippen molar-refractivity contribution in [2.45, 2.75) is 57.0 Å². The van der Waals surface area contributed by atoms with Crippen LogP contribution in [0.25, 0.3) is 0 Å². The molecule has 8 nitrogen and oxygen atoms in total. The van der Waals surface area contributed by atoms with Gasteiger partial charge < -0.3 is 9.53 Å². The highest BCUT2D eigenvalue weighted by Crippen LogP contribution is 2.48. The van der Waals surface area contributed by atoms with E-state index in [1.54, 1.807) is 36.4 Å². The van der Waals surface area contributed by atoms with Crippen LogP contribution in [0.2, 0.25) is 18.1 Å². The molecule has 1 aliphatic heterocycles. The molecule has 2 aromatic rings. The first-order valence-electron chi connectivity index (χ1n) is 12.5. The van der Waals surface area contributed by atoms with Crippen molar-refractivity contribution in [3.05, 3.63) is 82.4 Å². The second kappa shape index (κ2) is 10.1. The molecule has 1 N–H and O–H groups in total. The van der Waals surface area contributed by atoms with Crippen LogP contribution in [-0.4, -0.2) is 35.8 Å². The Morgan fingerprint density at radius 2 is 1.67 bits per heavy atom. The average Bonchev–Trinajstić information content (AvgIpc) is 3.16. The fourth-order valence-electron chi connectivity index (χ4n) is 5.45. The van der Waals surface area contributed by atoms with Gasteiger partial charge in [-0.25, -0.2) is 4.90 Å². The lowest BCUT2D eigenvalue weighted by molar-refractivity contribution is -0.384. The number of nitro benzene ring substituents is 1. The van der Waals surface area contributed by atoms with Crippen molar-refractivity contribution in [1.29, 1.82) is 0 Å². The minimum atomic E-state index is -2.29. The highest BCUT2D eigenvalue weighted by Gasteiger charge is 2.56. The molecule has 1 saturated heterocycles. The second-order valence-corrected chi connectivity index (χ2v) is 14.3. The molecule has 0 aromatic heterocycles. The number of anilines is 1. The smallest absolute Gasteiger partial charge is 0.269 e. The highest BCUT2D eigenvalue weighted by molar-refractivity contribution is 6.73. The molecule has 0 radical (unpaired) electrons. The number of rotatable bonds is 9. The third-order valence-corrected chi connectivity index (χ3v) is 12.5. The average molecular weight is 509 g/mol. The summed E-state index contributed by atoms with van der Waals surface area (Å²) in [5, 5.41) is 22.8. The summed E-state index contributed by atoms with van der Waals surface area (Å²) >= 11 is 0. The van der Waals surface area contributed by atoms with Crippen molar-refractivity contribution < 1.29 is 24.0 Å². The Morgan fingerprint density at radius 3 is 2.22 bits per heavy atom. The van der Waals surface area contributed by atoms with Crippen LogP contribution in [0.15, 0.2) is 66.7 Å². The topological polar surface area (TPSA) is 110 Å². The van der Waals surface area contributed by atoms with Crippen LogP contribution in [0, 0.1) is 22.0 Å². The van der Waals surface area contributed by atoms with Crippen LogP contribution < -0.4 is 4.90 Å². The maximum atomic E-state index is 13.6. The number of carbonyl (C=O) groups is 2. The van der Waals surface area contributed by atoms with Gasteiger partial charge in [-0.2, -0.15) is 0 Å². The first kappa shape index (κ1) is 25.9. The molecular formula is C27H32N2O6Si. The van der Waals surface area contributed by atoms with E-state index in [0.717, 1.165) is 18.1 Å². The standard InChI is InChI=1S/C27H32N2O6Si/c1-4-36(5-2,6-3)35-27(24(30)19-12-14-21(15-13-19)29(33)34)17-16-22-23(18-27)26(32)28(25(22)31)20-10-8-7-9-11-20/h7-17,22-24,30H,4-6,18H2,1-3H3/t22-,23+,24-,27-/m1/s1. The number of fused-ring (bicyclic) bond motifs is 1. The van der Waals surface area contributed by atoms with Gasteiger partial charge in [0.05, 0.1) is 22.4 Å². The Morgan fingerprint density at radius 1 is 1.06 bits per heavy atom. The first-order valence-corrected chi connectivity index (χ1v) is 15.0. The zero-order valence-electron chi connectivity index (χ0n) is 20.8. The maximum absolute atomic E-state index is 13.6. The first-order chi connectivity index (χ1) is 17.2. The second-order valence-electron chi connectivity index (χ2n) is 9.59. The van der Waals surface area contributed by atoms with E-state index in [2.05, 4.69) is 20.8 Å². The molecular weight excluding hydrogens is 476 g/mol. The van der Waals surface area contributed by atoms with E-state index < -0.39 is 36.8 Å². The predicted octanol–water partition coefficient (Wildman–Crippen LogP) is 5.15. The Kier molecular flexibility index (Phi) is 7.26. The third kappa shape index (κ3) is 4.42. The summed E-state index contributed by atoms with van der Waals surface area (Å²) in [5.41, 5.74) is -0.313. The van der Waals surface area contributed by atoms with Gasteiger partial charge in [0.25, 0.3) is 5.69 Å². The molecule has 190 valence electrons. The molecule has 4 rings (SSSR count). The number of nitrogens with zero attached hydrogens (tertiary/aromatic N) is 2. The number of carbonyl (C=O) groups excluding carboxylic acids is 2. The molecule has 1 fully saturated rings. The van der Waals surface area contributed by atoms with Gasteiger partial charge in [0.2, 0.25) is 11.8 Å². The highest BCUT2D eigenvalue weighted by atomic mass is 28.4. The minimum Gasteiger partial charge on any atom is -0.405 e. The van der Waals surface area contributed by atoms with Crippen molar-refractivity contribution >= 4 is 31.5 Å². The number of hydrogen-bond acceptors (Lipinski definition) is 6. The Balaban J connectivity index is 1.75. The van der Waals surface area contributed by atoms with E-state index in [9.17, 15) is 24.8 Å². The fraction of sp³-hybridized carbons (Fsp3) is 0.407. The van der Waals surface area contributed by atoms with Crippen molar-refractivity contribution in [2.75, 3.05) is 4.90 Å². The Labute approximate surface area is 211 Å². The van der Waals surface area contributed by atoms with Crippen molar-refractivity contribution in [3.8, 4) is 0 Å². The SMILES string of the molecule is CC[Si](CC)(CC)O[C@]1([C@H](O)c2ccc([N+](=O)[O-])cc2)C=C[C@H]2C(=O)N(c3ccccc3)C(=O)[C@H]2C1. The number of para-hydroxylation sites is 1. The quantitative estimate of drug-likeness (QED) is 0.165. The normalized spacial score (nSPS) is 24.6. The lowest BCUT2D eigenvalue weighted by Gasteiger charge is -2.46. The van der Waals surface area contributed by atoms with Crippen molar-refractivity contribution in [1.82, 2.24) is 0 Å². The molecule has 4 atom stereocenters. The van der Waals surface area contributed by atoms with E-state index in [4.69, 9.17) is 4.43 Å². The summed E-state index contributed by atoms with van der Waals surface area (Å²) in [6.45, 7) is 6.26. The lowest BCUT2D eigenvalue weighted by atomic mass is 9.74. The molecule has 36 heavy (non-hydrogen) atoms. The van der Waals surface area contributed by atoms with Gasteiger partial charge in [-0.3, -0.25) is 19.7 Å². The van der Waals surface area contributed by atoms with Crippen molar-refractivity contribution in [2.24, 2.45) is 11.8 Å². The molecule has 2 aliphatic rings. The van der Waals surface area contributed by atoms with Gasteiger partial charge in [-0.05, 0) is 54.4 Å². The number of aliphatic hydroxyl groups excluding tert-OH is 1. The number of nitro groups is 1. The monoisotopic (exact) mass is 508 g/mol. The fourth-order valence-corrected chi connectivity index (χ4v) is 8.46. The predicted molar refractivity (Wildman–Crippen MR) is 139 cm³/mol. The van der Waals surface area contributed by atoms with Crippen LogP contribution in [0.4, 0.5) is 11.4 Å². The van der Waals surface area contributed by atoms with Gasteiger partial charge in [0.1, 0.15) is 11.7 Å². The van der Waals surface area contributed by atoms with E-state index in [-0.39, 0.29) is 23.9 Å². The third-order valence-electron chi connectivity index (χ3n) is 7.84. The number of non-ortho nitro benzene ring substituents is 1. The molecule has 0 saturated carbocycles. The lowest BCUT2D eigenvalue weighted by Crippen LogP contribution is -2.52. The number of amides is 2. The zero-order chi connectivity index (χ0) is 26.1. The molecule has 0 spiro atoms. The minimum absolute atomic E-state index is 0.0744. The van der Waals surface area contributed by atoms with Crippen LogP contribution in [0.5, 0.6) is 0 Å². The van der Waals surface area contributed by atoms with E-state index in [1.807, 2.05) is 6.07 Å². The summed E-state index contributed by atoms with van der Waals surface area (Å²) in [4.78, 5) is 38.7. The summed E-state index contributed by atoms with van der Waals surface area (Å²) in [7, 11) is -2.29. The van der Waals surface area contributed by atoms with Crippen LogP contribution in [-0.2, 0) is 14.0 Å². The summed E-state index contributed by atoms with van der Waals surface area (Å²) < 4.78 is 6.93. The van der Waals surface area contributed by atoms with Gasteiger partial charge in [0.15, 0.2) is 8.32 Å². The molecule has 1 heterocycles. The largest absolute Gasteiger partial charge is 0.405 e. The number of aliphatic hydroxyl groups is 1. The molecule has 0 bridgehead atoms. The van der Waals surface area contributed by atoms with E-state index >= 15 is 0 Å². The number of benzene rings is 2. The van der Waals surface area contributed by atoms with Crippen molar-refractivity contribution in [3.63, 3.8) is 0 Å². The molecule has 2 amide bonds. The summed E-state index contributed by atoms with van der Waals surface area (Å²) in [5.74, 6) is -1.89.